The number of alkyl halides is 3. The number of nitrogens with zero attached hydrogens (tertiary/aromatic N) is 4. The van der Waals surface area contributed by atoms with Crippen LogP contribution in [0.5, 0.6) is 0 Å². The molecule has 7 nitrogen and oxygen atoms in total. The molecule has 5 N–H and O–H groups in total. The Balaban J connectivity index is 1.99. The Labute approximate surface area is 135 Å². The van der Waals surface area contributed by atoms with Gasteiger partial charge in [-0.15, -0.1) is 0 Å². The lowest BCUT2D eigenvalue weighted by Crippen LogP contribution is -2.27. The van der Waals surface area contributed by atoms with Crippen molar-refractivity contribution in [2.75, 3.05) is 22.9 Å². The van der Waals surface area contributed by atoms with Gasteiger partial charge in [0.15, 0.2) is 0 Å². The number of nitrogen functional groups attached to an aromatic ring is 2. The van der Waals surface area contributed by atoms with Crippen molar-refractivity contribution in [1.29, 1.82) is 0 Å². The minimum Gasteiger partial charge on any atom is -0.391 e. The minimum absolute atomic E-state index is 0.0957. The summed E-state index contributed by atoms with van der Waals surface area (Å²) in [5.74, 6) is -0.0673. The highest BCUT2D eigenvalue weighted by molar-refractivity contribution is 5.45. The average molecular weight is 340 g/mol. The molecular formula is C14H15F3N6O. The lowest BCUT2D eigenvalue weighted by Gasteiger charge is -2.25. The zero-order chi connectivity index (χ0) is 17.5. The largest absolute Gasteiger partial charge is 0.416 e. The number of β-amino-alcohol motifs (C(OH)–C–C–N with tert-alkyl or cyclic N) is 1. The van der Waals surface area contributed by atoms with E-state index in [2.05, 4.69) is 15.0 Å². The third kappa shape index (κ3) is 3.18. The molecule has 0 bridgehead atoms. The molecule has 1 aromatic carbocycles. The predicted octanol–water partition coefficient (Wildman–Crippen LogP) is 1.37. The molecule has 0 amide bonds. The number of hydrogen-bond donors (Lipinski definition) is 3. The number of aliphatic hydroxyl groups is 1. The number of hydrogen-bond acceptors (Lipinski definition) is 7. The Morgan fingerprint density at radius 2 is 1.79 bits per heavy atom. The number of rotatable bonds is 2. The summed E-state index contributed by atoms with van der Waals surface area (Å²) in [4.78, 5) is 13.2. The number of aliphatic hydroxyl groups excluding tert-OH is 1. The number of nitrogens with two attached hydrogens (primary N) is 2. The van der Waals surface area contributed by atoms with Gasteiger partial charge in [0.05, 0.1) is 17.7 Å². The Bertz CT molecular complexity index is 733. The van der Waals surface area contributed by atoms with E-state index in [4.69, 9.17) is 11.5 Å². The third-order valence-electron chi connectivity index (χ3n) is 3.79. The minimum atomic E-state index is -4.44. The molecule has 2 aromatic rings. The van der Waals surface area contributed by atoms with Crippen LogP contribution in [0, 0.1) is 0 Å². The Hall–Kier alpha value is -2.62. The summed E-state index contributed by atoms with van der Waals surface area (Å²) < 4.78 is 38.8. The maximum absolute atomic E-state index is 12.9. The average Bonchev–Trinajstić information content (AvgIpc) is 2.88. The topological polar surface area (TPSA) is 114 Å². The second-order valence-electron chi connectivity index (χ2n) is 5.53. The molecule has 1 aliphatic rings. The van der Waals surface area contributed by atoms with Gasteiger partial charge in [0.1, 0.15) is 0 Å². The summed E-state index contributed by atoms with van der Waals surface area (Å²) in [5, 5.41) is 9.96. The second-order valence-corrected chi connectivity index (χ2v) is 5.53. The molecule has 0 aliphatic carbocycles. The van der Waals surface area contributed by atoms with Crippen LogP contribution in [-0.2, 0) is 6.18 Å². The van der Waals surface area contributed by atoms with Crippen LogP contribution in [0.2, 0.25) is 0 Å². The first kappa shape index (κ1) is 16.2. The van der Waals surface area contributed by atoms with Crippen LogP contribution in [-0.4, -0.2) is 32.7 Å². The lowest BCUT2D eigenvalue weighted by atomic mass is 10.0. The van der Waals surface area contributed by atoms with Gasteiger partial charge in [0.25, 0.3) is 0 Å². The van der Waals surface area contributed by atoms with Gasteiger partial charge in [-0.1, -0.05) is 12.1 Å². The van der Waals surface area contributed by atoms with Crippen molar-refractivity contribution in [3.8, 4) is 0 Å². The van der Waals surface area contributed by atoms with E-state index in [-0.39, 0.29) is 30.8 Å². The molecule has 2 unspecified atom stereocenters. The fraction of sp³-hybridized carbons (Fsp3) is 0.357. The highest BCUT2D eigenvalue weighted by Crippen LogP contribution is 2.37. The van der Waals surface area contributed by atoms with Gasteiger partial charge in [0.2, 0.25) is 17.8 Å². The van der Waals surface area contributed by atoms with E-state index in [9.17, 15) is 18.3 Å². The summed E-state index contributed by atoms with van der Waals surface area (Å²) in [6, 6.07) is 4.43. The van der Waals surface area contributed by atoms with Crippen molar-refractivity contribution < 1.29 is 18.3 Å². The van der Waals surface area contributed by atoms with E-state index in [0.717, 1.165) is 12.1 Å². The van der Waals surface area contributed by atoms with E-state index >= 15 is 0 Å². The van der Waals surface area contributed by atoms with Crippen LogP contribution in [0.25, 0.3) is 0 Å². The lowest BCUT2D eigenvalue weighted by molar-refractivity contribution is -0.137. The Kier molecular flexibility index (Phi) is 3.91. The predicted molar refractivity (Wildman–Crippen MR) is 80.8 cm³/mol. The van der Waals surface area contributed by atoms with Gasteiger partial charge in [-0.3, -0.25) is 0 Å². The molecule has 0 saturated carbocycles. The monoisotopic (exact) mass is 340 g/mol. The van der Waals surface area contributed by atoms with Crippen molar-refractivity contribution >= 4 is 17.8 Å². The Morgan fingerprint density at radius 3 is 2.42 bits per heavy atom. The van der Waals surface area contributed by atoms with Crippen molar-refractivity contribution in [2.24, 2.45) is 0 Å². The summed E-state index contributed by atoms with van der Waals surface area (Å²) in [6.07, 6.45) is -4.93. The Morgan fingerprint density at radius 1 is 1.12 bits per heavy atom. The highest BCUT2D eigenvalue weighted by atomic mass is 19.4. The SMILES string of the molecule is Nc1nc(N)nc(N2CC(O)CC2c2cccc(C(F)(F)F)c2)n1. The standard InChI is InChI=1S/C14H15F3N6O/c15-14(16,17)8-3-1-2-7(4-8)10-5-9(24)6-23(10)13-21-11(18)20-12(19)22-13/h1-4,9-10,24H,5-6H2,(H4,18,19,20,21,22). The molecule has 1 aromatic heterocycles. The fourth-order valence-electron chi connectivity index (χ4n) is 2.80. The van der Waals surface area contributed by atoms with Crippen LogP contribution in [0.4, 0.5) is 31.0 Å². The number of benzene rings is 1. The smallest absolute Gasteiger partial charge is 0.391 e. The molecule has 1 aliphatic heterocycles. The van der Waals surface area contributed by atoms with E-state index in [1.54, 1.807) is 11.0 Å². The van der Waals surface area contributed by atoms with Crippen molar-refractivity contribution in [1.82, 2.24) is 15.0 Å². The van der Waals surface area contributed by atoms with Crippen molar-refractivity contribution in [3.63, 3.8) is 0 Å². The molecule has 0 spiro atoms. The van der Waals surface area contributed by atoms with Gasteiger partial charge in [-0.05, 0) is 24.1 Å². The third-order valence-corrected chi connectivity index (χ3v) is 3.79. The van der Waals surface area contributed by atoms with Crippen LogP contribution in [0.1, 0.15) is 23.6 Å². The maximum atomic E-state index is 12.9. The summed E-state index contributed by atoms with van der Waals surface area (Å²) in [7, 11) is 0. The number of aromatic nitrogens is 3. The zero-order valence-electron chi connectivity index (χ0n) is 12.4. The van der Waals surface area contributed by atoms with Gasteiger partial charge < -0.3 is 21.5 Å². The van der Waals surface area contributed by atoms with Crippen LogP contribution in [0.15, 0.2) is 24.3 Å². The molecule has 2 atom stereocenters. The first-order chi connectivity index (χ1) is 11.2. The van der Waals surface area contributed by atoms with Crippen LogP contribution in [0.3, 0.4) is 0 Å². The first-order valence-electron chi connectivity index (χ1n) is 7.13. The highest BCUT2D eigenvalue weighted by Gasteiger charge is 2.36. The molecule has 10 heteroatoms. The molecule has 2 heterocycles. The van der Waals surface area contributed by atoms with E-state index in [0.29, 0.717) is 5.56 Å². The number of anilines is 3. The molecule has 128 valence electrons. The second kappa shape index (κ2) is 5.78. The van der Waals surface area contributed by atoms with Gasteiger partial charge in [0, 0.05) is 6.54 Å². The molecule has 1 saturated heterocycles. The molecule has 3 rings (SSSR count). The quantitative estimate of drug-likeness (QED) is 0.756. The maximum Gasteiger partial charge on any atom is 0.416 e. The van der Waals surface area contributed by atoms with Crippen LogP contribution >= 0.6 is 0 Å². The van der Waals surface area contributed by atoms with Crippen molar-refractivity contribution in [3.05, 3.63) is 35.4 Å². The van der Waals surface area contributed by atoms with Gasteiger partial charge in [-0.2, -0.15) is 28.1 Å². The van der Waals surface area contributed by atoms with Crippen molar-refractivity contribution in [2.45, 2.75) is 24.7 Å². The molecular weight excluding hydrogens is 325 g/mol. The molecule has 24 heavy (non-hydrogen) atoms. The van der Waals surface area contributed by atoms with E-state index < -0.39 is 23.9 Å². The fourth-order valence-corrected chi connectivity index (χ4v) is 2.80. The molecule has 1 fully saturated rings. The van der Waals surface area contributed by atoms with E-state index in [1.807, 2.05) is 0 Å². The van der Waals surface area contributed by atoms with Crippen LogP contribution < -0.4 is 16.4 Å². The first-order valence-corrected chi connectivity index (χ1v) is 7.13. The summed E-state index contributed by atoms with van der Waals surface area (Å²) in [6.45, 7) is 0.157. The van der Waals surface area contributed by atoms with Gasteiger partial charge >= 0.3 is 6.18 Å². The molecule has 0 radical (unpaired) electrons. The normalized spacial score (nSPS) is 21.2. The zero-order valence-corrected chi connectivity index (χ0v) is 12.4. The summed E-state index contributed by atoms with van der Waals surface area (Å²) >= 11 is 0. The van der Waals surface area contributed by atoms with E-state index in [1.165, 1.54) is 6.07 Å². The summed E-state index contributed by atoms with van der Waals surface area (Å²) in [5.41, 5.74) is 10.7. The number of halogens is 3. The van der Waals surface area contributed by atoms with Gasteiger partial charge in [-0.25, -0.2) is 0 Å².